The summed E-state index contributed by atoms with van der Waals surface area (Å²) >= 11 is 0. The molecule has 2 aromatic rings. The first-order valence-corrected chi connectivity index (χ1v) is 10.2. The number of Topliss-reactive ketones (excluding diaryl/α,β-unsaturated/α-hetero) is 1. The Bertz CT molecular complexity index is 660. The van der Waals surface area contributed by atoms with Crippen LogP contribution >= 0.6 is 0 Å². The highest BCUT2D eigenvalue weighted by atomic mass is 16.3. The van der Waals surface area contributed by atoms with Crippen molar-refractivity contribution < 1.29 is 13.6 Å². The Kier molecular flexibility index (Phi) is 7.31. The number of carbonyl (C=O) groups excluding carboxylic acids is 1. The van der Waals surface area contributed by atoms with Gasteiger partial charge in [-0.25, -0.2) is 0 Å². The molecule has 2 unspecified atom stereocenters. The molecule has 2 heterocycles. The zero-order valence-electron chi connectivity index (χ0n) is 17.3. The van der Waals surface area contributed by atoms with E-state index in [1.54, 1.807) is 0 Å². The van der Waals surface area contributed by atoms with Gasteiger partial charge in [-0.05, 0) is 47.9 Å². The Hall–Kier alpha value is -1.77. The van der Waals surface area contributed by atoms with Crippen molar-refractivity contribution in [3.05, 3.63) is 46.3 Å². The third-order valence-electron chi connectivity index (χ3n) is 5.56. The first-order valence-electron chi connectivity index (χ1n) is 10.2. The fourth-order valence-electron chi connectivity index (χ4n) is 3.95. The molecule has 0 saturated heterocycles. The van der Waals surface area contributed by atoms with Gasteiger partial charge in [-0.2, -0.15) is 0 Å². The van der Waals surface area contributed by atoms with E-state index in [0.717, 1.165) is 37.2 Å². The van der Waals surface area contributed by atoms with Crippen LogP contribution in [0.1, 0.15) is 75.3 Å². The van der Waals surface area contributed by atoms with E-state index in [1.165, 1.54) is 22.3 Å². The van der Waals surface area contributed by atoms with Crippen LogP contribution in [0.2, 0.25) is 0 Å². The molecule has 0 spiro atoms. The topological polar surface area (TPSA) is 43.4 Å². The average Bonchev–Trinajstić information content (AvgIpc) is 3.23. The lowest BCUT2D eigenvalue weighted by atomic mass is 9.87. The van der Waals surface area contributed by atoms with Gasteiger partial charge in [-0.15, -0.1) is 0 Å². The normalized spacial score (nSPS) is 13.8. The molecule has 2 rings (SSSR count). The highest BCUT2D eigenvalue weighted by molar-refractivity contribution is 5.83. The van der Waals surface area contributed by atoms with Crippen molar-refractivity contribution in [2.45, 2.75) is 80.1 Å². The highest BCUT2D eigenvalue weighted by Gasteiger charge is 2.25. The van der Waals surface area contributed by atoms with Crippen molar-refractivity contribution in [3.63, 3.8) is 0 Å². The summed E-state index contributed by atoms with van der Waals surface area (Å²) in [6.07, 6.45) is 8.95. The quantitative estimate of drug-likeness (QED) is 0.543. The minimum atomic E-state index is -0.0446. The van der Waals surface area contributed by atoms with E-state index in [-0.39, 0.29) is 17.6 Å². The summed E-state index contributed by atoms with van der Waals surface area (Å²) in [5.74, 6) is 2.17. The van der Waals surface area contributed by atoms with Crippen molar-refractivity contribution >= 4 is 5.78 Å². The van der Waals surface area contributed by atoms with Crippen LogP contribution in [0.4, 0.5) is 0 Å². The van der Waals surface area contributed by atoms with Crippen LogP contribution in [-0.2, 0) is 43.3 Å². The SMILES string of the molecule is CCc1coc(CC(C)C(=O)C(C)Cc2occ(CC)c2CC)c1CC. The number of ketones is 1. The van der Waals surface area contributed by atoms with Crippen LogP contribution < -0.4 is 0 Å². The van der Waals surface area contributed by atoms with Crippen molar-refractivity contribution in [2.24, 2.45) is 11.8 Å². The standard InChI is InChI=1S/C23H34O3/c1-7-17-13-25-21(19(17)9-3)11-15(5)23(24)16(6)12-22-20(10-4)18(8-2)14-26-22/h13-16H,7-12H2,1-6H3. The molecule has 2 aromatic heterocycles. The number of carbonyl (C=O) groups is 1. The molecule has 26 heavy (non-hydrogen) atoms. The number of furan rings is 2. The smallest absolute Gasteiger partial charge is 0.139 e. The zero-order chi connectivity index (χ0) is 19.3. The van der Waals surface area contributed by atoms with E-state index in [1.807, 2.05) is 26.4 Å². The van der Waals surface area contributed by atoms with Gasteiger partial charge in [0.15, 0.2) is 0 Å². The van der Waals surface area contributed by atoms with E-state index in [9.17, 15) is 4.79 Å². The molecule has 0 amide bonds. The molecule has 144 valence electrons. The Labute approximate surface area is 158 Å². The van der Waals surface area contributed by atoms with Crippen LogP contribution in [-0.4, -0.2) is 5.78 Å². The molecule has 3 heteroatoms. The molecule has 0 bridgehead atoms. The summed E-state index contributed by atoms with van der Waals surface area (Å²) in [5.41, 5.74) is 5.11. The lowest BCUT2D eigenvalue weighted by Crippen LogP contribution is -2.23. The van der Waals surface area contributed by atoms with Crippen LogP contribution in [0, 0.1) is 11.8 Å². The van der Waals surface area contributed by atoms with Crippen molar-refractivity contribution in [3.8, 4) is 0 Å². The minimum absolute atomic E-state index is 0.0446. The van der Waals surface area contributed by atoms with E-state index in [2.05, 4.69) is 27.7 Å². The Morgan fingerprint density at radius 2 is 1.15 bits per heavy atom. The maximum atomic E-state index is 12.9. The molecule has 0 N–H and O–H groups in total. The van der Waals surface area contributed by atoms with E-state index in [0.29, 0.717) is 12.8 Å². The minimum Gasteiger partial charge on any atom is -0.469 e. The molecule has 0 fully saturated rings. The molecule has 0 aliphatic heterocycles. The van der Waals surface area contributed by atoms with Gasteiger partial charge >= 0.3 is 0 Å². The van der Waals surface area contributed by atoms with Gasteiger partial charge in [0, 0.05) is 24.7 Å². The fraction of sp³-hybridized carbons (Fsp3) is 0.609. The molecular weight excluding hydrogens is 324 g/mol. The summed E-state index contributed by atoms with van der Waals surface area (Å²) in [5, 5.41) is 0. The lowest BCUT2D eigenvalue weighted by molar-refractivity contribution is -0.126. The maximum Gasteiger partial charge on any atom is 0.139 e. The molecule has 0 aliphatic rings. The van der Waals surface area contributed by atoms with E-state index < -0.39 is 0 Å². The molecule has 0 radical (unpaired) electrons. The molecule has 2 atom stereocenters. The number of aryl methyl sites for hydroxylation is 2. The van der Waals surface area contributed by atoms with Crippen molar-refractivity contribution in [1.82, 2.24) is 0 Å². The maximum absolute atomic E-state index is 12.9. The number of hydrogen-bond donors (Lipinski definition) is 0. The summed E-state index contributed by atoms with van der Waals surface area (Å²) in [6, 6.07) is 0. The van der Waals surface area contributed by atoms with Crippen molar-refractivity contribution in [1.29, 1.82) is 0 Å². The first-order chi connectivity index (χ1) is 12.5. The van der Waals surface area contributed by atoms with Gasteiger partial charge in [-0.1, -0.05) is 41.5 Å². The van der Waals surface area contributed by atoms with E-state index in [4.69, 9.17) is 8.83 Å². The molecule has 0 aliphatic carbocycles. The predicted molar refractivity (Wildman–Crippen MR) is 106 cm³/mol. The fourth-order valence-corrected chi connectivity index (χ4v) is 3.95. The monoisotopic (exact) mass is 358 g/mol. The van der Waals surface area contributed by atoms with Gasteiger partial charge in [0.2, 0.25) is 0 Å². The van der Waals surface area contributed by atoms with Crippen LogP contribution in [0.25, 0.3) is 0 Å². The van der Waals surface area contributed by atoms with Crippen LogP contribution in [0.15, 0.2) is 21.4 Å². The van der Waals surface area contributed by atoms with Gasteiger partial charge in [0.1, 0.15) is 17.3 Å². The average molecular weight is 359 g/mol. The Balaban J connectivity index is 2.06. The Morgan fingerprint density at radius 3 is 1.46 bits per heavy atom. The zero-order valence-corrected chi connectivity index (χ0v) is 17.3. The summed E-state index contributed by atoms with van der Waals surface area (Å²) in [6.45, 7) is 12.6. The van der Waals surface area contributed by atoms with E-state index >= 15 is 0 Å². The second-order valence-electron chi connectivity index (χ2n) is 7.35. The van der Waals surface area contributed by atoms with Gasteiger partial charge in [0.05, 0.1) is 12.5 Å². The molecular formula is C23H34O3. The summed E-state index contributed by atoms with van der Waals surface area (Å²) < 4.78 is 11.6. The Morgan fingerprint density at radius 1 is 0.769 bits per heavy atom. The van der Waals surface area contributed by atoms with Gasteiger partial charge in [-0.3, -0.25) is 4.79 Å². The molecule has 3 nitrogen and oxygen atoms in total. The summed E-state index contributed by atoms with van der Waals surface area (Å²) in [4.78, 5) is 12.9. The lowest BCUT2D eigenvalue weighted by Gasteiger charge is -2.16. The number of hydrogen-bond acceptors (Lipinski definition) is 3. The second kappa shape index (κ2) is 9.25. The number of rotatable bonds is 10. The van der Waals surface area contributed by atoms with Crippen LogP contribution in [0.5, 0.6) is 0 Å². The van der Waals surface area contributed by atoms with Crippen LogP contribution in [0.3, 0.4) is 0 Å². The molecule has 0 aromatic carbocycles. The third kappa shape index (κ3) is 4.31. The largest absolute Gasteiger partial charge is 0.469 e. The molecule has 0 saturated carbocycles. The van der Waals surface area contributed by atoms with Gasteiger partial charge < -0.3 is 8.83 Å². The second-order valence-corrected chi connectivity index (χ2v) is 7.35. The first kappa shape index (κ1) is 20.5. The van der Waals surface area contributed by atoms with Gasteiger partial charge in [0.25, 0.3) is 0 Å². The predicted octanol–water partition coefficient (Wildman–Crippen LogP) is 5.75. The third-order valence-corrected chi connectivity index (χ3v) is 5.56. The van der Waals surface area contributed by atoms with Crippen molar-refractivity contribution in [2.75, 3.05) is 0 Å². The highest BCUT2D eigenvalue weighted by Crippen LogP contribution is 2.26. The summed E-state index contributed by atoms with van der Waals surface area (Å²) in [7, 11) is 0.